The van der Waals surface area contributed by atoms with Gasteiger partial charge in [-0.3, -0.25) is 10.1 Å². The van der Waals surface area contributed by atoms with Gasteiger partial charge in [0.25, 0.3) is 5.69 Å². The van der Waals surface area contributed by atoms with Crippen LogP contribution in [0.5, 0.6) is 0 Å². The largest absolute Gasteiger partial charge is 0.466 e. The van der Waals surface area contributed by atoms with Gasteiger partial charge in [0.2, 0.25) is 0 Å². The average Bonchev–Trinajstić information content (AvgIpc) is 2.96. The second-order valence-electron chi connectivity index (χ2n) is 10.4. The van der Waals surface area contributed by atoms with Crippen LogP contribution in [0.15, 0.2) is 77.1 Å². The van der Waals surface area contributed by atoms with E-state index in [-0.39, 0.29) is 23.4 Å². The van der Waals surface area contributed by atoms with Gasteiger partial charge in [-0.05, 0) is 69.7 Å². The Bertz CT molecular complexity index is 1300. The Morgan fingerprint density at radius 3 is 2.33 bits per heavy atom. The van der Waals surface area contributed by atoms with Crippen molar-refractivity contribution in [3.63, 3.8) is 0 Å². The molecule has 40 heavy (non-hydrogen) atoms. The minimum Gasteiger partial charge on any atom is -0.466 e. The highest BCUT2D eigenvalue weighted by Crippen LogP contribution is 2.40. The number of carbonyl (C=O) groups excluding carboxylic acids is 2. The molecule has 0 aromatic heterocycles. The topological polar surface area (TPSA) is 111 Å². The molecule has 1 saturated heterocycles. The van der Waals surface area contributed by atoms with Crippen LogP contribution >= 0.6 is 0 Å². The smallest absolute Gasteiger partial charge is 0.336 e. The third-order valence-electron chi connectivity index (χ3n) is 7.73. The summed E-state index contributed by atoms with van der Waals surface area (Å²) < 4.78 is 10.7. The number of non-ortho nitro benzene ring substituents is 1. The maximum absolute atomic E-state index is 13.4. The van der Waals surface area contributed by atoms with Crippen LogP contribution in [0.3, 0.4) is 0 Å². The van der Waals surface area contributed by atoms with E-state index >= 15 is 0 Å². The van der Waals surface area contributed by atoms with E-state index < -0.39 is 22.8 Å². The quantitative estimate of drug-likeness (QED) is 0.194. The highest BCUT2D eigenvalue weighted by atomic mass is 16.6. The molecule has 0 saturated carbocycles. The SMILES string of the molecule is COC(=O)C1=C(C)NC(C)=C(C(=O)OCCCN2CCC(Cc3ccccc3)CC2)C1c1cccc([N+](=O)[O-])c1. The number of piperidine rings is 1. The predicted molar refractivity (Wildman–Crippen MR) is 151 cm³/mol. The number of methoxy groups -OCH3 is 1. The molecular weight excluding hydrogens is 510 g/mol. The van der Waals surface area contributed by atoms with Crippen LogP contribution < -0.4 is 5.32 Å². The van der Waals surface area contributed by atoms with Crippen molar-refractivity contribution in [2.24, 2.45) is 5.92 Å². The number of dihydropyridines is 1. The lowest BCUT2D eigenvalue weighted by molar-refractivity contribution is -0.384. The Kier molecular flexibility index (Phi) is 9.71. The highest BCUT2D eigenvalue weighted by Gasteiger charge is 2.38. The molecule has 0 bridgehead atoms. The molecule has 212 valence electrons. The second kappa shape index (κ2) is 13.4. The maximum Gasteiger partial charge on any atom is 0.336 e. The molecule has 2 aliphatic heterocycles. The molecule has 2 aromatic rings. The van der Waals surface area contributed by atoms with E-state index in [1.54, 1.807) is 26.0 Å². The summed E-state index contributed by atoms with van der Waals surface area (Å²) in [4.78, 5) is 39.5. The first-order valence-electron chi connectivity index (χ1n) is 13.7. The lowest BCUT2D eigenvalue weighted by Crippen LogP contribution is -2.35. The first kappa shape index (κ1) is 29.0. The zero-order chi connectivity index (χ0) is 28.6. The summed E-state index contributed by atoms with van der Waals surface area (Å²) in [5, 5.41) is 14.5. The molecule has 9 nitrogen and oxygen atoms in total. The minimum absolute atomic E-state index is 0.129. The number of hydrogen-bond acceptors (Lipinski definition) is 8. The molecular formula is C31H37N3O6. The molecule has 0 aliphatic carbocycles. The number of benzene rings is 2. The van der Waals surface area contributed by atoms with Crippen molar-refractivity contribution in [2.45, 2.75) is 45.4 Å². The zero-order valence-corrected chi connectivity index (χ0v) is 23.4. The molecule has 9 heteroatoms. The van der Waals surface area contributed by atoms with Gasteiger partial charge < -0.3 is 19.7 Å². The average molecular weight is 548 g/mol. The molecule has 1 unspecified atom stereocenters. The van der Waals surface area contributed by atoms with E-state index in [4.69, 9.17) is 9.47 Å². The third kappa shape index (κ3) is 6.96. The Morgan fingerprint density at radius 1 is 1.00 bits per heavy atom. The monoisotopic (exact) mass is 547 g/mol. The summed E-state index contributed by atoms with van der Waals surface area (Å²) in [6.07, 6.45) is 4.11. The van der Waals surface area contributed by atoms with Gasteiger partial charge in [0.05, 0.1) is 35.7 Å². The van der Waals surface area contributed by atoms with E-state index in [1.165, 1.54) is 24.8 Å². The molecule has 1 N–H and O–H groups in total. The number of hydrogen-bond donors (Lipinski definition) is 1. The number of nitrogens with one attached hydrogen (secondary N) is 1. The zero-order valence-electron chi connectivity index (χ0n) is 23.4. The molecule has 2 aliphatic rings. The van der Waals surface area contributed by atoms with Crippen LogP contribution in [0.25, 0.3) is 0 Å². The van der Waals surface area contributed by atoms with Crippen LogP contribution in [0.1, 0.15) is 50.2 Å². The number of likely N-dealkylation sites (tertiary alicyclic amines) is 1. The highest BCUT2D eigenvalue weighted by molar-refractivity contribution is 5.99. The lowest BCUT2D eigenvalue weighted by atomic mass is 9.80. The predicted octanol–water partition coefficient (Wildman–Crippen LogP) is 4.89. The molecule has 2 heterocycles. The van der Waals surface area contributed by atoms with E-state index in [1.807, 2.05) is 6.07 Å². The number of nitrogens with zero attached hydrogens (tertiary/aromatic N) is 2. The number of rotatable bonds is 10. The number of carbonyl (C=O) groups is 2. The number of nitro benzene ring substituents is 1. The van der Waals surface area contributed by atoms with E-state index in [9.17, 15) is 19.7 Å². The Hall–Kier alpha value is -3.98. The summed E-state index contributed by atoms with van der Waals surface area (Å²) in [7, 11) is 1.26. The Labute approximate surface area is 235 Å². The van der Waals surface area contributed by atoms with Gasteiger partial charge in [-0.1, -0.05) is 42.5 Å². The first-order valence-corrected chi connectivity index (χ1v) is 13.7. The molecule has 4 rings (SSSR count). The van der Waals surface area contributed by atoms with Crippen molar-refractivity contribution in [2.75, 3.05) is 33.4 Å². The van der Waals surface area contributed by atoms with E-state index in [0.29, 0.717) is 29.3 Å². The molecule has 1 atom stereocenters. The van der Waals surface area contributed by atoms with Crippen LogP contribution in [0.2, 0.25) is 0 Å². The number of esters is 2. The van der Waals surface area contributed by atoms with Crippen LogP contribution in [-0.4, -0.2) is 55.1 Å². The molecule has 0 radical (unpaired) electrons. The van der Waals surface area contributed by atoms with Gasteiger partial charge in [-0.2, -0.15) is 0 Å². The van der Waals surface area contributed by atoms with Crippen LogP contribution in [0.4, 0.5) is 5.69 Å². The van der Waals surface area contributed by atoms with Crippen molar-refractivity contribution in [3.8, 4) is 0 Å². The lowest BCUT2D eigenvalue weighted by Gasteiger charge is -2.32. The molecule has 0 spiro atoms. The second-order valence-corrected chi connectivity index (χ2v) is 10.4. The van der Waals surface area contributed by atoms with Crippen molar-refractivity contribution < 1.29 is 24.0 Å². The summed E-state index contributed by atoms with van der Waals surface area (Å²) in [6, 6.07) is 16.6. The van der Waals surface area contributed by atoms with Crippen LogP contribution in [0, 0.1) is 16.0 Å². The summed E-state index contributed by atoms with van der Waals surface area (Å²) in [6.45, 7) is 6.57. The minimum atomic E-state index is -0.857. The van der Waals surface area contributed by atoms with Crippen LogP contribution in [-0.2, 0) is 25.5 Å². The van der Waals surface area contributed by atoms with Gasteiger partial charge in [-0.25, -0.2) is 9.59 Å². The van der Waals surface area contributed by atoms with Gasteiger partial charge in [-0.15, -0.1) is 0 Å². The Balaban J connectivity index is 1.37. The summed E-state index contributed by atoms with van der Waals surface area (Å²) >= 11 is 0. The summed E-state index contributed by atoms with van der Waals surface area (Å²) in [5.74, 6) is -1.34. The van der Waals surface area contributed by atoms with Gasteiger partial charge in [0, 0.05) is 30.1 Å². The maximum atomic E-state index is 13.4. The van der Waals surface area contributed by atoms with E-state index in [2.05, 4.69) is 34.5 Å². The summed E-state index contributed by atoms with van der Waals surface area (Å²) in [5.41, 5.74) is 3.22. The number of ether oxygens (including phenoxy) is 2. The Morgan fingerprint density at radius 2 is 1.68 bits per heavy atom. The molecule has 1 fully saturated rings. The number of allylic oxidation sites excluding steroid dienone is 2. The first-order chi connectivity index (χ1) is 19.3. The van der Waals surface area contributed by atoms with Crippen molar-refractivity contribution in [3.05, 3.63) is 98.4 Å². The van der Waals surface area contributed by atoms with Gasteiger partial charge in [0.1, 0.15) is 0 Å². The van der Waals surface area contributed by atoms with Gasteiger partial charge >= 0.3 is 11.9 Å². The fourth-order valence-corrected chi connectivity index (χ4v) is 5.69. The molecule has 2 aromatic carbocycles. The third-order valence-corrected chi connectivity index (χ3v) is 7.73. The van der Waals surface area contributed by atoms with E-state index in [0.717, 1.165) is 38.9 Å². The van der Waals surface area contributed by atoms with Crippen molar-refractivity contribution >= 4 is 17.6 Å². The fraction of sp³-hybridized carbons (Fsp3) is 0.419. The molecule has 0 amide bonds. The van der Waals surface area contributed by atoms with Gasteiger partial charge in [0.15, 0.2) is 0 Å². The normalized spacial score (nSPS) is 18.3. The standard InChI is InChI=1S/C31H37N3O6/c1-21-27(30(35)39-3)29(25-11-7-12-26(20-25)34(37)38)28(22(2)32-21)31(36)40-18-8-15-33-16-13-24(14-17-33)19-23-9-5-4-6-10-23/h4-7,9-12,20,24,29,32H,8,13-19H2,1-3H3. The van der Waals surface area contributed by atoms with Crippen molar-refractivity contribution in [1.29, 1.82) is 0 Å². The number of nitro groups is 1. The fourth-order valence-electron chi connectivity index (χ4n) is 5.69. The van der Waals surface area contributed by atoms with Crippen molar-refractivity contribution in [1.82, 2.24) is 10.2 Å².